The van der Waals surface area contributed by atoms with Crippen molar-refractivity contribution in [3.63, 3.8) is 0 Å². The van der Waals surface area contributed by atoms with Gasteiger partial charge in [0.15, 0.2) is 0 Å². The lowest BCUT2D eigenvalue weighted by molar-refractivity contribution is -0.870. The third kappa shape index (κ3) is 5.20. The fraction of sp³-hybridized carbons (Fsp3) is 0.381. The van der Waals surface area contributed by atoms with Gasteiger partial charge in [-0.1, -0.05) is 60.7 Å². The van der Waals surface area contributed by atoms with Gasteiger partial charge in [0, 0.05) is 20.0 Å². The van der Waals surface area contributed by atoms with E-state index in [0.717, 1.165) is 35.1 Å². The molecule has 1 amide bonds. The van der Waals surface area contributed by atoms with Crippen LogP contribution in [0.3, 0.4) is 0 Å². The van der Waals surface area contributed by atoms with E-state index >= 15 is 0 Å². The molecule has 0 aliphatic heterocycles. The molecule has 0 aliphatic rings. The predicted molar refractivity (Wildman–Crippen MR) is 99.9 cm³/mol. The first kappa shape index (κ1) is 18.2. The summed E-state index contributed by atoms with van der Waals surface area (Å²) < 4.78 is 0.919. The van der Waals surface area contributed by atoms with Gasteiger partial charge in [0.05, 0.1) is 33.6 Å². The molecule has 0 heterocycles. The molecular formula is C21H29N2O+. The van der Waals surface area contributed by atoms with Crippen LogP contribution >= 0.6 is 0 Å². The highest BCUT2D eigenvalue weighted by Gasteiger charge is 2.25. The fourth-order valence-corrected chi connectivity index (χ4v) is 2.88. The number of amides is 1. The summed E-state index contributed by atoms with van der Waals surface area (Å²) in [6, 6.07) is 20.1. The number of hydrogen-bond donors (Lipinski definition) is 0. The van der Waals surface area contributed by atoms with Crippen molar-refractivity contribution in [2.75, 3.05) is 41.3 Å². The van der Waals surface area contributed by atoms with Crippen molar-refractivity contribution in [1.82, 2.24) is 4.90 Å². The molecule has 24 heavy (non-hydrogen) atoms. The van der Waals surface area contributed by atoms with Crippen LogP contribution in [0.2, 0.25) is 0 Å². The Balaban J connectivity index is 2.16. The Morgan fingerprint density at radius 2 is 1.38 bits per heavy atom. The Hall–Kier alpha value is -2.13. The van der Waals surface area contributed by atoms with Crippen molar-refractivity contribution in [2.45, 2.75) is 12.3 Å². The molecular weight excluding hydrogens is 296 g/mol. The number of quaternary nitrogens is 1. The zero-order valence-electron chi connectivity index (χ0n) is 15.3. The molecule has 0 unspecified atom stereocenters. The van der Waals surface area contributed by atoms with Gasteiger partial charge < -0.3 is 9.38 Å². The second kappa shape index (κ2) is 8.11. The van der Waals surface area contributed by atoms with Gasteiger partial charge in [-0.15, -0.1) is 0 Å². The molecule has 0 spiro atoms. The molecule has 0 radical (unpaired) electrons. The number of carbonyl (C=O) groups excluding carboxylic acids is 1. The van der Waals surface area contributed by atoms with Crippen LogP contribution in [-0.4, -0.2) is 56.6 Å². The van der Waals surface area contributed by atoms with Crippen molar-refractivity contribution < 1.29 is 9.28 Å². The molecule has 2 aromatic carbocycles. The summed E-state index contributed by atoms with van der Waals surface area (Å²) in [4.78, 5) is 15.0. The van der Waals surface area contributed by atoms with Gasteiger partial charge in [0.25, 0.3) is 0 Å². The minimum absolute atomic E-state index is 0.161. The Morgan fingerprint density at radius 3 is 1.79 bits per heavy atom. The fourth-order valence-electron chi connectivity index (χ4n) is 2.88. The second-order valence-corrected chi connectivity index (χ2v) is 7.38. The molecule has 0 saturated carbocycles. The summed E-state index contributed by atoms with van der Waals surface area (Å²) >= 11 is 0. The van der Waals surface area contributed by atoms with Crippen LogP contribution in [0.4, 0.5) is 0 Å². The van der Waals surface area contributed by atoms with Crippen LogP contribution in [0.25, 0.3) is 0 Å². The number of carbonyl (C=O) groups is 1. The van der Waals surface area contributed by atoms with Crippen molar-refractivity contribution >= 4 is 5.91 Å². The second-order valence-electron chi connectivity index (χ2n) is 7.38. The smallest absolute Gasteiger partial charge is 0.234 e. The topological polar surface area (TPSA) is 20.3 Å². The molecule has 3 nitrogen and oxygen atoms in total. The van der Waals surface area contributed by atoms with Crippen LogP contribution in [-0.2, 0) is 4.79 Å². The number of rotatable bonds is 7. The molecule has 0 bridgehead atoms. The van der Waals surface area contributed by atoms with E-state index in [4.69, 9.17) is 0 Å². The summed E-state index contributed by atoms with van der Waals surface area (Å²) in [6.45, 7) is 1.84. The highest BCUT2D eigenvalue weighted by atomic mass is 16.2. The quantitative estimate of drug-likeness (QED) is 0.715. The van der Waals surface area contributed by atoms with Gasteiger partial charge >= 0.3 is 0 Å². The highest BCUT2D eigenvalue weighted by Crippen LogP contribution is 2.26. The Morgan fingerprint density at radius 1 is 0.917 bits per heavy atom. The average Bonchev–Trinajstić information content (AvgIpc) is 2.55. The van der Waals surface area contributed by atoms with E-state index in [2.05, 4.69) is 21.1 Å². The van der Waals surface area contributed by atoms with Crippen LogP contribution < -0.4 is 0 Å². The van der Waals surface area contributed by atoms with Crippen molar-refractivity contribution in [2.24, 2.45) is 0 Å². The Labute approximate surface area is 146 Å². The molecule has 2 rings (SSSR count). The summed E-state index contributed by atoms with van der Waals surface area (Å²) in [5.74, 6) is -0.0738. The largest absolute Gasteiger partial charge is 0.345 e. The molecule has 0 N–H and O–H groups in total. The van der Waals surface area contributed by atoms with Crippen LogP contribution in [0.15, 0.2) is 60.7 Å². The van der Waals surface area contributed by atoms with Gasteiger partial charge in [0.2, 0.25) is 5.91 Å². The maximum atomic E-state index is 13.1. The molecule has 0 atom stereocenters. The van der Waals surface area contributed by atoms with Gasteiger partial charge in [-0.25, -0.2) is 0 Å². The molecule has 0 saturated heterocycles. The predicted octanol–water partition coefficient (Wildman–Crippen LogP) is 3.37. The SMILES string of the molecule is CN(CCC[N+](C)(C)C)C(=O)C(c1ccccc1)c1ccccc1. The standard InChI is InChI=1S/C21H29N2O/c1-22(16-11-17-23(2,3)4)21(24)20(18-12-7-5-8-13-18)19-14-9-6-10-15-19/h5-10,12-15,20H,11,16-17H2,1-4H3/q+1. The van der Waals surface area contributed by atoms with E-state index in [1.165, 1.54) is 0 Å². The highest BCUT2D eigenvalue weighted by molar-refractivity contribution is 5.87. The first-order chi connectivity index (χ1) is 11.4. The van der Waals surface area contributed by atoms with Gasteiger partial charge in [-0.3, -0.25) is 4.79 Å². The summed E-state index contributed by atoms with van der Waals surface area (Å²) in [5, 5.41) is 0. The summed E-state index contributed by atoms with van der Waals surface area (Å²) in [7, 11) is 8.45. The minimum atomic E-state index is -0.235. The lowest BCUT2D eigenvalue weighted by Gasteiger charge is -2.27. The monoisotopic (exact) mass is 325 g/mol. The van der Waals surface area contributed by atoms with Gasteiger partial charge in [0.1, 0.15) is 0 Å². The first-order valence-electron chi connectivity index (χ1n) is 8.54. The normalized spacial score (nSPS) is 11.5. The van der Waals surface area contributed by atoms with E-state index in [9.17, 15) is 4.79 Å². The number of likely N-dealkylation sites (N-methyl/N-ethyl adjacent to an activating group) is 1. The van der Waals surface area contributed by atoms with E-state index in [-0.39, 0.29) is 11.8 Å². The molecule has 0 aromatic heterocycles. The Kier molecular flexibility index (Phi) is 6.16. The van der Waals surface area contributed by atoms with Gasteiger partial charge in [-0.05, 0) is 11.1 Å². The maximum Gasteiger partial charge on any atom is 0.234 e. The summed E-state index contributed by atoms with van der Waals surface area (Å²) in [6.07, 6.45) is 1.00. The number of nitrogens with zero attached hydrogens (tertiary/aromatic N) is 2. The zero-order chi connectivity index (χ0) is 17.6. The van der Waals surface area contributed by atoms with E-state index in [1.54, 1.807) is 0 Å². The molecule has 0 fully saturated rings. The lowest BCUT2D eigenvalue weighted by Crippen LogP contribution is -2.39. The first-order valence-corrected chi connectivity index (χ1v) is 8.54. The molecule has 128 valence electrons. The van der Waals surface area contributed by atoms with Crippen LogP contribution in [0.5, 0.6) is 0 Å². The van der Waals surface area contributed by atoms with E-state index < -0.39 is 0 Å². The molecule has 3 heteroatoms. The number of hydrogen-bond acceptors (Lipinski definition) is 1. The number of benzene rings is 2. The van der Waals surface area contributed by atoms with Crippen molar-refractivity contribution in [3.05, 3.63) is 71.8 Å². The van der Waals surface area contributed by atoms with Crippen molar-refractivity contribution in [1.29, 1.82) is 0 Å². The zero-order valence-corrected chi connectivity index (χ0v) is 15.3. The molecule has 0 aliphatic carbocycles. The van der Waals surface area contributed by atoms with Gasteiger partial charge in [-0.2, -0.15) is 0 Å². The van der Waals surface area contributed by atoms with E-state index in [0.29, 0.717) is 0 Å². The third-order valence-electron chi connectivity index (χ3n) is 4.21. The molecule has 2 aromatic rings. The summed E-state index contributed by atoms with van der Waals surface area (Å²) in [5.41, 5.74) is 2.10. The van der Waals surface area contributed by atoms with Crippen molar-refractivity contribution in [3.8, 4) is 0 Å². The third-order valence-corrected chi connectivity index (χ3v) is 4.21. The van der Waals surface area contributed by atoms with Crippen LogP contribution in [0, 0.1) is 0 Å². The van der Waals surface area contributed by atoms with Crippen LogP contribution in [0.1, 0.15) is 23.5 Å². The Bertz CT molecular complexity index is 592. The maximum absolute atomic E-state index is 13.1. The minimum Gasteiger partial charge on any atom is -0.345 e. The lowest BCUT2D eigenvalue weighted by atomic mass is 9.90. The average molecular weight is 325 g/mol. The van der Waals surface area contributed by atoms with E-state index in [1.807, 2.05) is 72.6 Å².